The highest BCUT2D eigenvalue weighted by Gasteiger charge is 2.26. The van der Waals surface area contributed by atoms with Crippen LogP contribution in [0.4, 0.5) is 0 Å². The Kier molecular flexibility index (Phi) is 4.58. The van der Waals surface area contributed by atoms with E-state index in [0.717, 1.165) is 28.1 Å². The number of para-hydroxylation sites is 1. The summed E-state index contributed by atoms with van der Waals surface area (Å²) in [6, 6.07) is 11.9. The lowest BCUT2D eigenvalue weighted by Gasteiger charge is -2.12. The van der Waals surface area contributed by atoms with E-state index < -0.39 is 5.97 Å². The number of methoxy groups -OCH3 is 2. The van der Waals surface area contributed by atoms with E-state index in [-0.39, 0.29) is 0 Å². The van der Waals surface area contributed by atoms with Gasteiger partial charge in [0.15, 0.2) is 5.82 Å². The maximum absolute atomic E-state index is 12.1. The molecule has 0 amide bonds. The van der Waals surface area contributed by atoms with Gasteiger partial charge in [0.2, 0.25) is 0 Å². The number of nitrogens with zero attached hydrogens (tertiary/aromatic N) is 3. The number of fused-ring (bicyclic) bond motifs is 2. The fourth-order valence-corrected chi connectivity index (χ4v) is 4.74. The smallest absolute Gasteiger partial charge is 0.338 e. The number of carbonyl (C=O) groups excluding carboxylic acids is 1. The van der Waals surface area contributed by atoms with Gasteiger partial charge in [0, 0.05) is 23.5 Å². The molecule has 0 radical (unpaired) electrons. The van der Waals surface area contributed by atoms with Crippen LogP contribution in [0.25, 0.3) is 33.5 Å². The third-order valence-electron chi connectivity index (χ3n) is 5.81. The number of hydrogen-bond acceptors (Lipinski definition) is 4. The van der Waals surface area contributed by atoms with Crippen molar-refractivity contribution >= 4 is 43.8 Å². The molecule has 6 nitrogen and oxygen atoms in total. The van der Waals surface area contributed by atoms with Crippen LogP contribution in [0.15, 0.2) is 40.9 Å². The Balaban J connectivity index is 1.77. The Hall–Kier alpha value is -2.80. The van der Waals surface area contributed by atoms with Crippen LogP contribution in [0.5, 0.6) is 5.75 Å². The van der Waals surface area contributed by atoms with Crippen molar-refractivity contribution in [3.8, 4) is 17.3 Å². The van der Waals surface area contributed by atoms with E-state index in [2.05, 4.69) is 44.8 Å². The SMILES string of the molecule is COC(=O)c1cc(OC)c2c(c1)nc(-c1cc3cccc(Br)c3n1CC1CC1)n2C. The van der Waals surface area contributed by atoms with Crippen molar-refractivity contribution < 1.29 is 14.3 Å². The van der Waals surface area contributed by atoms with Crippen molar-refractivity contribution in [3.05, 3.63) is 46.4 Å². The van der Waals surface area contributed by atoms with Gasteiger partial charge in [0.1, 0.15) is 11.3 Å². The van der Waals surface area contributed by atoms with Gasteiger partial charge in [-0.25, -0.2) is 9.78 Å². The summed E-state index contributed by atoms with van der Waals surface area (Å²) in [5.41, 5.74) is 4.22. The minimum Gasteiger partial charge on any atom is -0.494 e. The molecule has 5 rings (SSSR count). The quantitative estimate of drug-likeness (QED) is 0.380. The molecule has 1 aliphatic rings. The zero-order chi connectivity index (χ0) is 21.0. The highest BCUT2D eigenvalue weighted by Crippen LogP contribution is 2.39. The lowest BCUT2D eigenvalue weighted by Crippen LogP contribution is -2.05. The van der Waals surface area contributed by atoms with Crippen LogP contribution in [0.3, 0.4) is 0 Å². The summed E-state index contributed by atoms with van der Waals surface area (Å²) >= 11 is 3.73. The number of hydrogen-bond donors (Lipinski definition) is 0. The number of aryl methyl sites for hydroxylation is 1. The number of halogens is 1. The molecule has 0 unspecified atom stereocenters. The lowest BCUT2D eigenvalue weighted by molar-refractivity contribution is 0.0600. The minimum absolute atomic E-state index is 0.408. The van der Waals surface area contributed by atoms with E-state index in [1.165, 1.54) is 30.9 Å². The lowest BCUT2D eigenvalue weighted by atomic mass is 10.2. The molecule has 2 heterocycles. The zero-order valence-electron chi connectivity index (χ0n) is 17.1. The second-order valence-corrected chi connectivity index (χ2v) is 8.65. The van der Waals surface area contributed by atoms with E-state index >= 15 is 0 Å². The summed E-state index contributed by atoms with van der Waals surface area (Å²) in [5.74, 6) is 1.74. The molecular weight excluding hydrogens is 446 g/mol. The summed E-state index contributed by atoms with van der Waals surface area (Å²) in [6.45, 7) is 0.967. The van der Waals surface area contributed by atoms with E-state index in [0.29, 0.717) is 22.7 Å². The Bertz CT molecular complexity index is 1300. The Morgan fingerprint density at radius 2 is 2.00 bits per heavy atom. The molecule has 4 aromatic rings. The Morgan fingerprint density at radius 3 is 2.70 bits per heavy atom. The normalized spacial score (nSPS) is 13.9. The number of aromatic nitrogens is 3. The van der Waals surface area contributed by atoms with Crippen LogP contribution in [0.2, 0.25) is 0 Å². The first kappa shape index (κ1) is 19.2. The van der Waals surface area contributed by atoms with Crippen LogP contribution in [-0.2, 0) is 18.3 Å². The van der Waals surface area contributed by atoms with Crippen molar-refractivity contribution in [2.45, 2.75) is 19.4 Å². The number of esters is 1. The molecule has 1 aliphatic carbocycles. The second kappa shape index (κ2) is 7.16. The van der Waals surface area contributed by atoms with Gasteiger partial charge in [-0.05, 0) is 59.0 Å². The number of rotatable bonds is 5. The topological polar surface area (TPSA) is 58.3 Å². The maximum Gasteiger partial charge on any atom is 0.338 e. The van der Waals surface area contributed by atoms with Crippen LogP contribution < -0.4 is 4.74 Å². The number of ether oxygens (including phenoxy) is 2. The summed E-state index contributed by atoms with van der Waals surface area (Å²) < 4.78 is 16.0. The van der Waals surface area contributed by atoms with Gasteiger partial charge >= 0.3 is 5.97 Å². The van der Waals surface area contributed by atoms with E-state index in [9.17, 15) is 4.79 Å². The Morgan fingerprint density at radius 1 is 1.20 bits per heavy atom. The molecule has 7 heteroatoms. The molecule has 2 aromatic heterocycles. The van der Waals surface area contributed by atoms with E-state index in [1.54, 1.807) is 19.2 Å². The van der Waals surface area contributed by atoms with Gasteiger partial charge < -0.3 is 18.6 Å². The van der Waals surface area contributed by atoms with Crippen molar-refractivity contribution in [1.82, 2.24) is 14.1 Å². The molecule has 1 fully saturated rings. The third-order valence-corrected chi connectivity index (χ3v) is 6.45. The molecule has 0 N–H and O–H groups in total. The first-order valence-electron chi connectivity index (χ1n) is 9.92. The van der Waals surface area contributed by atoms with Crippen LogP contribution in [0, 0.1) is 5.92 Å². The predicted molar refractivity (Wildman–Crippen MR) is 120 cm³/mol. The highest BCUT2D eigenvalue weighted by atomic mass is 79.9. The van der Waals surface area contributed by atoms with Crippen molar-refractivity contribution in [2.75, 3.05) is 14.2 Å². The van der Waals surface area contributed by atoms with Crippen LogP contribution >= 0.6 is 15.9 Å². The molecule has 154 valence electrons. The van der Waals surface area contributed by atoms with Crippen molar-refractivity contribution in [2.24, 2.45) is 13.0 Å². The standard InChI is InChI=1S/C23H22BrN3O3/c1-26-21-17(9-15(23(28)30-3)11-19(21)29-2)25-22(26)18-10-14-5-4-6-16(24)20(14)27(18)12-13-7-8-13/h4-6,9-11,13H,7-8,12H2,1-3H3. The van der Waals surface area contributed by atoms with Crippen molar-refractivity contribution in [1.29, 1.82) is 0 Å². The van der Waals surface area contributed by atoms with E-state index in [1.807, 2.05) is 11.6 Å². The first-order chi connectivity index (χ1) is 14.5. The zero-order valence-corrected chi connectivity index (χ0v) is 18.7. The highest BCUT2D eigenvalue weighted by molar-refractivity contribution is 9.10. The third kappa shape index (κ3) is 2.99. The second-order valence-electron chi connectivity index (χ2n) is 7.79. The largest absolute Gasteiger partial charge is 0.494 e. The van der Waals surface area contributed by atoms with Gasteiger partial charge in [0.05, 0.1) is 36.5 Å². The minimum atomic E-state index is -0.408. The molecular formula is C23H22BrN3O3. The number of carbonyl (C=O) groups is 1. The van der Waals surface area contributed by atoms with E-state index in [4.69, 9.17) is 14.5 Å². The summed E-state index contributed by atoms with van der Waals surface area (Å²) in [4.78, 5) is 17.0. The van der Waals surface area contributed by atoms with Gasteiger partial charge in [-0.1, -0.05) is 12.1 Å². The summed E-state index contributed by atoms with van der Waals surface area (Å²) in [6.07, 6.45) is 2.53. The molecule has 1 saturated carbocycles. The van der Waals surface area contributed by atoms with Crippen molar-refractivity contribution in [3.63, 3.8) is 0 Å². The average molecular weight is 468 g/mol. The molecule has 30 heavy (non-hydrogen) atoms. The summed E-state index contributed by atoms with van der Waals surface area (Å²) in [7, 11) is 4.96. The van der Waals surface area contributed by atoms with Crippen LogP contribution in [-0.4, -0.2) is 34.3 Å². The first-order valence-corrected chi connectivity index (χ1v) is 10.7. The fourth-order valence-electron chi connectivity index (χ4n) is 4.14. The predicted octanol–water partition coefficient (Wildman–Crippen LogP) is 5.16. The Labute approximate surface area is 182 Å². The number of benzene rings is 2. The van der Waals surface area contributed by atoms with Crippen LogP contribution in [0.1, 0.15) is 23.2 Å². The van der Waals surface area contributed by atoms with Gasteiger partial charge in [-0.15, -0.1) is 0 Å². The molecule has 0 bridgehead atoms. The fraction of sp³-hybridized carbons (Fsp3) is 0.304. The van der Waals surface area contributed by atoms with Gasteiger partial charge in [-0.3, -0.25) is 0 Å². The number of imidazole rings is 1. The summed E-state index contributed by atoms with van der Waals surface area (Å²) in [5, 5.41) is 1.18. The van der Waals surface area contributed by atoms with Gasteiger partial charge in [-0.2, -0.15) is 0 Å². The maximum atomic E-state index is 12.1. The molecule has 0 aliphatic heterocycles. The molecule has 0 atom stereocenters. The molecule has 0 saturated heterocycles. The monoisotopic (exact) mass is 467 g/mol. The van der Waals surface area contributed by atoms with Gasteiger partial charge in [0.25, 0.3) is 0 Å². The molecule has 0 spiro atoms. The molecule has 2 aromatic carbocycles. The average Bonchev–Trinajstić information content (AvgIpc) is 3.41.